The van der Waals surface area contributed by atoms with E-state index in [0.717, 1.165) is 36.3 Å². The lowest BCUT2D eigenvalue weighted by molar-refractivity contribution is -0.140. The van der Waals surface area contributed by atoms with Crippen molar-refractivity contribution in [2.24, 2.45) is 0 Å². The Morgan fingerprint density at radius 3 is 2.79 bits per heavy atom. The number of aryl methyl sites for hydroxylation is 1. The van der Waals surface area contributed by atoms with Crippen LogP contribution in [0.25, 0.3) is 0 Å². The summed E-state index contributed by atoms with van der Waals surface area (Å²) in [5.41, 5.74) is 1.75. The van der Waals surface area contributed by atoms with E-state index in [-0.39, 0.29) is 12.2 Å². The quantitative estimate of drug-likeness (QED) is 0.776. The Kier molecular flexibility index (Phi) is 5.33. The van der Waals surface area contributed by atoms with Crippen molar-refractivity contribution < 1.29 is 17.9 Å². The number of pyridine rings is 1. The summed E-state index contributed by atoms with van der Waals surface area (Å²) in [7, 11) is 2.07. The lowest BCUT2D eigenvalue weighted by Crippen LogP contribution is -2.34. The van der Waals surface area contributed by atoms with Gasteiger partial charge < -0.3 is 14.5 Å². The molecule has 0 radical (unpaired) electrons. The Bertz CT molecular complexity index is 889. The zero-order valence-electron chi connectivity index (χ0n) is 16.5. The van der Waals surface area contributed by atoms with Crippen molar-refractivity contribution in [2.45, 2.75) is 44.9 Å². The highest BCUT2D eigenvalue weighted by atomic mass is 19.4. The predicted molar refractivity (Wildman–Crippen MR) is 102 cm³/mol. The van der Waals surface area contributed by atoms with Gasteiger partial charge >= 0.3 is 12.2 Å². The summed E-state index contributed by atoms with van der Waals surface area (Å²) in [6.07, 6.45) is -0.521. The van der Waals surface area contributed by atoms with Crippen LogP contribution in [0.3, 0.4) is 0 Å². The van der Waals surface area contributed by atoms with Crippen LogP contribution < -0.4 is 9.64 Å². The molecule has 2 aromatic heterocycles. The van der Waals surface area contributed by atoms with Crippen molar-refractivity contribution >= 4 is 5.69 Å². The molecule has 9 heteroatoms. The first-order valence-electron chi connectivity index (χ1n) is 9.79. The topological polar surface area (TPSA) is 54.4 Å². The molecule has 2 aliphatic heterocycles. The van der Waals surface area contributed by atoms with Gasteiger partial charge in [-0.05, 0) is 57.5 Å². The Morgan fingerprint density at radius 2 is 2.07 bits per heavy atom. The van der Waals surface area contributed by atoms with Crippen LogP contribution in [-0.2, 0) is 19.1 Å². The number of hydrogen-bond acceptors (Lipinski definition) is 6. The maximum absolute atomic E-state index is 13.4. The summed E-state index contributed by atoms with van der Waals surface area (Å²) < 4.78 is 46.0. The number of nitrogens with zero attached hydrogens (tertiary/aromatic N) is 5. The Hall–Kier alpha value is -2.42. The van der Waals surface area contributed by atoms with Gasteiger partial charge in [0.1, 0.15) is 6.61 Å². The van der Waals surface area contributed by atoms with Crippen molar-refractivity contribution in [3.63, 3.8) is 0 Å². The van der Waals surface area contributed by atoms with Gasteiger partial charge in [0, 0.05) is 24.5 Å². The second-order valence-corrected chi connectivity index (χ2v) is 7.64. The van der Waals surface area contributed by atoms with Crippen LogP contribution in [0.4, 0.5) is 18.9 Å². The molecule has 1 fully saturated rings. The maximum Gasteiger partial charge on any atom is 0.435 e. The molecule has 2 aromatic rings. The highest BCUT2D eigenvalue weighted by molar-refractivity contribution is 5.53. The zero-order valence-corrected chi connectivity index (χ0v) is 16.5. The average Bonchev–Trinajstić information content (AvgIpc) is 3.10. The minimum atomic E-state index is -4.50. The SMILES string of the molecule is Cc1nc(OC[C@@H]2CCCN2C)nc2c1CCN(c1cccnc1C(F)(F)F)C2. The molecule has 156 valence electrons. The molecule has 0 unspecified atom stereocenters. The van der Waals surface area contributed by atoms with Crippen molar-refractivity contribution in [2.75, 3.05) is 31.6 Å². The number of aromatic nitrogens is 3. The van der Waals surface area contributed by atoms with E-state index in [9.17, 15) is 13.2 Å². The molecular weight excluding hydrogens is 383 g/mol. The van der Waals surface area contributed by atoms with Crippen LogP contribution in [0.1, 0.15) is 35.5 Å². The van der Waals surface area contributed by atoms with Gasteiger partial charge in [0.05, 0.1) is 17.9 Å². The molecule has 0 aromatic carbocycles. The summed E-state index contributed by atoms with van der Waals surface area (Å²) in [6.45, 7) is 4.20. The van der Waals surface area contributed by atoms with Crippen LogP contribution in [0.5, 0.6) is 6.01 Å². The third kappa shape index (κ3) is 4.14. The Labute approximate surface area is 167 Å². The Morgan fingerprint density at radius 1 is 1.24 bits per heavy atom. The number of fused-ring (bicyclic) bond motifs is 1. The molecule has 0 bridgehead atoms. The standard InChI is InChI=1S/C20H24F3N5O/c1-13-15-7-10-28(17-6-3-8-24-18(17)20(21,22)23)11-16(15)26-19(25-13)29-12-14-5-4-9-27(14)2/h3,6,8,14H,4-5,7,9-12H2,1-2H3/t14-/m0/s1. The third-order valence-corrected chi connectivity index (χ3v) is 5.72. The minimum absolute atomic E-state index is 0.0805. The van der Waals surface area contributed by atoms with Gasteiger partial charge in [-0.1, -0.05) is 0 Å². The van der Waals surface area contributed by atoms with Crippen LogP contribution >= 0.6 is 0 Å². The Balaban J connectivity index is 1.55. The van der Waals surface area contributed by atoms with E-state index in [1.807, 2.05) is 6.92 Å². The average molecular weight is 407 g/mol. The fourth-order valence-electron chi connectivity index (χ4n) is 4.09. The summed E-state index contributed by atoms with van der Waals surface area (Å²) in [5.74, 6) is 0. The van der Waals surface area contributed by atoms with Gasteiger partial charge in [-0.25, -0.2) is 9.97 Å². The number of likely N-dealkylation sites (N-methyl/N-ethyl adjacent to an activating group) is 1. The highest BCUT2D eigenvalue weighted by Crippen LogP contribution is 2.36. The third-order valence-electron chi connectivity index (χ3n) is 5.72. The number of rotatable bonds is 4. The van der Waals surface area contributed by atoms with Gasteiger partial charge in [-0.3, -0.25) is 0 Å². The summed E-state index contributed by atoms with van der Waals surface area (Å²) in [6, 6.07) is 3.63. The first-order chi connectivity index (χ1) is 13.8. The first kappa shape index (κ1) is 19.9. The largest absolute Gasteiger partial charge is 0.462 e. The van der Waals surface area contributed by atoms with Gasteiger partial charge in [0.15, 0.2) is 5.69 Å². The molecule has 6 nitrogen and oxygen atoms in total. The fourth-order valence-corrected chi connectivity index (χ4v) is 4.09. The van der Waals surface area contributed by atoms with E-state index < -0.39 is 11.9 Å². The van der Waals surface area contributed by atoms with Crippen molar-refractivity contribution in [3.8, 4) is 6.01 Å². The number of anilines is 1. The van der Waals surface area contributed by atoms with Crippen LogP contribution in [0.15, 0.2) is 18.3 Å². The monoisotopic (exact) mass is 407 g/mol. The maximum atomic E-state index is 13.4. The van der Waals surface area contributed by atoms with E-state index in [0.29, 0.717) is 31.6 Å². The van der Waals surface area contributed by atoms with Crippen LogP contribution in [0, 0.1) is 6.92 Å². The first-order valence-corrected chi connectivity index (χ1v) is 9.79. The lowest BCUT2D eigenvalue weighted by atomic mass is 10.0. The number of halogens is 3. The smallest absolute Gasteiger partial charge is 0.435 e. The molecule has 29 heavy (non-hydrogen) atoms. The fraction of sp³-hybridized carbons (Fsp3) is 0.550. The van der Waals surface area contributed by atoms with Crippen LogP contribution in [0.2, 0.25) is 0 Å². The molecule has 0 aliphatic carbocycles. The van der Waals surface area contributed by atoms with E-state index in [1.165, 1.54) is 18.3 Å². The molecular formula is C20H24F3N5O. The number of likely N-dealkylation sites (tertiary alicyclic amines) is 1. The molecule has 2 aliphatic rings. The van der Waals surface area contributed by atoms with Gasteiger partial charge in [-0.15, -0.1) is 0 Å². The van der Waals surface area contributed by atoms with Crippen molar-refractivity contribution in [1.29, 1.82) is 0 Å². The second kappa shape index (κ2) is 7.78. The van der Waals surface area contributed by atoms with Gasteiger partial charge in [-0.2, -0.15) is 18.2 Å². The lowest BCUT2D eigenvalue weighted by Gasteiger charge is -2.32. The molecule has 0 saturated carbocycles. The predicted octanol–water partition coefficient (Wildman–Crippen LogP) is 3.23. The minimum Gasteiger partial charge on any atom is -0.462 e. The normalized spacial score (nSPS) is 20.0. The van der Waals surface area contributed by atoms with E-state index in [4.69, 9.17) is 4.74 Å². The molecule has 0 N–H and O–H groups in total. The number of alkyl halides is 3. The summed E-state index contributed by atoms with van der Waals surface area (Å²) in [5, 5.41) is 0. The van der Waals surface area contributed by atoms with Crippen LogP contribution in [-0.4, -0.2) is 52.6 Å². The van der Waals surface area contributed by atoms with E-state index >= 15 is 0 Å². The summed E-state index contributed by atoms with van der Waals surface area (Å²) >= 11 is 0. The number of ether oxygens (including phenoxy) is 1. The highest BCUT2D eigenvalue weighted by Gasteiger charge is 2.37. The molecule has 1 atom stereocenters. The van der Waals surface area contributed by atoms with Gasteiger partial charge in [0.25, 0.3) is 0 Å². The summed E-state index contributed by atoms with van der Waals surface area (Å²) in [4.78, 5) is 16.5. The van der Waals surface area contributed by atoms with Crippen molar-refractivity contribution in [3.05, 3.63) is 41.0 Å². The number of hydrogen-bond donors (Lipinski definition) is 0. The van der Waals surface area contributed by atoms with Crippen molar-refractivity contribution in [1.82, 2.24) is 19.9 Å². The molecule has 0 amide bonds. The molecule has 1 saturated heterocycles. The van der Waals surface area contributed by atoms with E-state index in [1.54, 1.807) is 4.90 Å². The zero-order chi connectivity index (χ0) is 20.6. The van der Waals surface area contributed by atoms with Gasteiger partial charge in [0.2, 0.25) is 0 Å². The second-order valence-electron chi connectivity index (χ2n) is 7.64. The molecule has 0 spiro atoms. The van der Waals surface area contributed by atoms with E-state index in [2.05, 4.69) is 26.9 Å². The molecule has 4 heterocycles. The molecule has 4 rings (SSSR count).